The fourth-order valence-corrected chi connectivity index (χ4v) is 2.53. The topological polar surface area (TPSA) is 103 Å². The minimum atomic E-state index is 0.476. The Hall–Kier alpha value is -2.55. The average molecular weight is 358 g/mol. The van der Waals surface area contributed by atoms with Gasteiger partial charge in [-0.15, -0.1) is 0 Å². The quantitative estimate of drug-likeness (QED) is 0.364. The molecule has 132 valence electrons. The molecule has 0 aromatic carbocycles. The van der Waals surface area contributed by atoms with E-state index in [1.54, 1.807) is 12.5 Å². The molecule has 0 amide bonds. The molecular formula is C16H22N8S. The van der Waals surface area contributed by atoms with Gasteiger partial charge >= 0.3 is 0 Å². The summed E-state index contributed by atoms with van der Waals surface area (Å²) in [6.07, 6.45) is 6.52. The Morgan fingerprint density at radius 2 is 2.08 bits per heavy atom. The van der Waals surface area contributed by atoms with Crippen LogP contribution < -0.4 is 16.0 Å². The van der Waals surface area contributed by atoms with Crippen molar-refractivity contribution in [1.82, 2.24) is 30.6 Å². The van der Waals surface area contributed by atoms with Gasteiger partial charge in [-0.1, -0.05) is 0 Å². The molecule has 2 heterocycles. The van der Waals surface area contributed by atoms with Crippen molar-refractivity contribution in [2.24, 2.45) is 4.99 Å². The Bertz CT molecular complexity index is 731. The smallest absolute Gasteiger partial charge is 0.229 e. The Kier molecular flexibility index (Phi) is 5.54. The third kappa shape index (κ3) is 5.79. The van der Waals surface area contributed by atoms with Crippen molar-refractivity contribution in [3.8, 4) is 0 Å². The fourth-order valence-electron chi connectivity index (χ4n) is 2.26. The zero-order valence-corrected chi connectivity index (χ0v) is 15.2. The second-order valence-electron chi connectivity index (χ2n) is 6.03. The molecule has 1 fully saturated rings. The molecule has 0 unspecified atom stereocenters. The van der Waals surface area contributed by atoms with Crippen LogP contribution in [0.1, 0.15) is 29.9 Å². The number of anilines is 1. The van der Waals surface area contributed by atoms with Crippen molar-refractivity contribution in [3.63, 3.8) is 0 Å². The number of hydrogen-bond donors (Lipinski definition) is 4. The van der Waals surface area contributed by atoms with Crippen LogP contribution in [0.2, 0.25) is 0 Å². The molecule has 1 aliphatic carbocycles. The molecule has 1 saturated carbocycles. The minimum absolute atomic E-state index is 0.476. The summed E-state index contributed by atoms with van der Waals surface area (Å²) < 4.78 is 0. The van der Waals surface area contributed by atoms with Gasteiger partial charge in [0.15, 0.2) is 5.11 Å². The number of H-pyrrole nitrogens is 1. The molecule has 0 bridgehead atoms. The van der Waals surface area contributed by atoms with Crippen molar-refractivity contribution >= 4 is 29.2 Å². The summed E-state index contributed by atoms with van der Waals surface area (Å²) >= 11 is 5.34. The zero-order chi connectivity index (χ0) is 17.6. The monoisotopic (exact) mass is 358 g/mol. The number of aliphatic imine (C=N–C) groups is 1. The second-order valence-corrected chi connectivity index (χ2v) is 6.44. The Morgan fingerprint density at radius 3 is 2.72 bits per heavy atom. The van der Waals surface area contributed by atoms with Crippen LogP contribution in [0.25, 0.3) is 0 Å². The largest absolute Gasteiger partial charge is 0.360 e. The van der Waals surface area contributed by atoms with E-state index in [-0.39, 0.29) is 0 Å². The Morgan fingerprint density at radius 1 is 1.32 bits per heavy atom. The number of rotatable bonds is 5. The number of hydrogen-bond acceptors (Lipinski definition) is 5. The van der Waals surface area contributed by atoms with Crippen LogP contribution in [0.3, 0.4) is 0 Å². The van der Waals surface area contributed by atoms with Crippen LogP contribution in [0.4, 0.5) is 5.95 Å². The van der Waals surface area contributed by atoms with Gasteiger partial charge in [0, 0.05) is 42.3 Å². The number of nitrogens with zero attached hydrogens (tertiary/aromatic N) is 4. The highest BCUT2D eigenvalue weighted by molar-refractivity contribution is 7.80. The molecule has 8 nitrogen and oxygen atoms in total. The maximum absolute atomic E-state index is 5.34. The van der Waals surface area contributed by atoms with E-state index in [0.717, 1.165) is 36.3 Å². The van der Waals surface area contributed by atoms with Gasteiger partial charge in [0.1, 0.15) is 0 Å². The number of aromatic nitrogens is 4. The first-order valence-electron chi connectivity index (χ1n) is 8.27. The molecule has 0 radical (unpaired) electrons. The summed E-state index contributed by atoms with van der Waals surface area (Å²) in [5.41, 5.74) is 2.82. The molecular weight excluding hydrogens is 336 g/mol. The van der Waals surface area contributed by atoms with Crippen LogP contribution in [-0.4, -0.2) is 43.6 Å². The van der Waals surface area contributed by atoms with Gasteiger partial charge in [-0.2, -0.15) is 0 Å². The maximum Gasteiger partial charge on any atom is 0.229 e. The maximum atomic E-state index is 5.34. The third-order valence-electron chi connectivity index (χ3n) is 3.56. The molecule has 4 N–H and O–H groups in total. The number of thiocarbonyl (C=S) groups is 1. The lowest BCUT2D eigenvalue weighted by Crippen LogP contribution is -2.43. The number of guanidine groups is 1. The predicted octanol–water partition coefficient (Wildman–Crippen LogP) is 1.45. The molecule has 2 aromatic rings. The van der Waals surface area contributed by atoms with Crippen molar-refractivity contribution in [3.05, 3.63) is 35.7 Å². The molecule has 2 aromatic heterocycles. The molecule has 0 atom stereocenters. The summed E-state index contributed by atoms with van der Waals surface area (Å²) in [5.74, 6) is 1.03. The highest BCUT2D eigenvalue weighted by atomic mass is 32.1. The van der Waals surface area contributed by atoms with E-state index < -0.39 is 0 Å². The van der Waals surface area contributed by atoms with Gasteiger partial charge in [0.25, 0.3) is 0 Å². The summed E-state index contributed by atoms with van der Waals surface area (Å²) in [7, 11) is 0. The molecule has 25 heavy (non-hydrogen) atoms. The second kappa shape index (κ2) is 8.02. The molecule has 1 aliphatic rings. The van der Waals surface area contributed by atoms with E-state index in [4.69, 9.17) is 12.2 Å². The van der Waals surface area contributed by atoms with Crippen LogP contribution >= 0.6 is 12.2 Å². The molecule has 9 heteroatoms. The van der Waals surface area contributed by atoms with E-state index in [9.17, 15) is 0 Å². The van der Waals surface area contributed by atoms with Gasteiger partial charge in [-0.25, -0.2) is 15.0 Å². The first-order chi connectivity index (χ1) is 12.1. The fraction of sp³-hybridized carbons (Fsp3) is 0.438. The van der Waals surface area contributed by atoms with Gasteiger partial charge in [0.05, 0.1) is 6.33 Å². The van der Waals surface area contributed by atoms with E-state index in [1.807, 2.05) is 19.9 Å². The Balaban J connectivity index is 1.66. The Labute approximate surface area is 152 Å². The first kappa shape index (κ1) is 17.3. The predicted molar refractivity (Wildman–Crippen MR) is 102 cm³/mol. The number of aryl methyl sites for hydroxylation is 2. The SMILES string of the molecule is Cc1cc(C)nc(NC(=NCCc2cnc[nH]2)NC(=S)NC2CC2)n1. The lowest BCUT2D eigenvalue weighted by Gasteiger charge is -2.14. The van der Waals surface area contributed by atoms with E-state index >= 15 is 0 Å². The average Bonchev–Trinajstić information content (AvgIpc) is 3.18. The lowest BCUT2D eigenvalue weighted by atomic mass is 10.3. The van der Waals surface area contributed by atoms with Crippen molar-refractivity contribution in [2.75, 3.05) is 11.9 Å². The van der Waals surface area contributed by atoms with E-state index in [1.165, 1.54) is 0 Å². The number of aromatic amines is 1. The minimum Gasteiger partial charge on any atom is -0.360 e. The van der Waals surface area contributed by atoms with Crippen LogP contribution in [0.5, 0.6) is 0 Å². The zero-order valence-electron chi connectivity index (χ0n) is 14.3. The summed E-state index contributed by atoms with van der Waals surface area (Å²) in [6, 6.07) is 2.40. The summed E-state index contributed by atoms with van der Waals surface area (Å²) in [4.78, 5) is 20.4. The number of nitrogens with one attached hydrogen (secondary N) is 4. The third-order valence-corrected chi connectivity index (χ3v) is 3.78. The normalized spacial score (nSPS) is 14.2. The lowest BCUT2D eigenvalue weighted by molar-refractivity contribution is 0.891. The van der Waals surface area contributed by atoms with Crippen molar-refractivity contribution in [2.45, 2.75) is 39.2 Å². The summed E-state index contributed by atoms with van der Waals surface area (Å²) in [5, 5.41) is 10.0. The van der Waals surface area contributed by atoms with Crippen molar-refractivity contribution in [1.29, 1.82) is 0 Å². The van der Waals surface area contributed by atoms with Gasteiger partial charge < -0.3 is 15.6 Å². The molecule has 0 saturated heterocycles. The standard InChI is InChI=1S/C16H22N8S/c1-10-7-11(2)21-15(20-10)23-14(24-16(25)22-12-3-4-12)18-6-5-13-8-17-9-19-13/h7-9,12H,3-6H2,1-2H3,(H,17,19)(H3,18,20,21,22,23,24,25). The molecule has 0 spiro atoms. The number of imidazole rings is 1. The van der Waals surface area contributed by atoms with E-state index in [2.05, 4.69) is 40.9 Å². The van der Waals surface area contributed by atoms with Gasteiger partial charge in [-0.3, -0.25) is 10.3 Å². The van der Waals surface area contributed by atoms with Crippen molar-refractivity contribution < 1.29 is 0 Å². The highest BCUT2D eigenvalue weighted by Gasteiger charge is 2.22. The van der Waals surface area contributed by atoms with Crippen LogP contribution in [0.15, 0.2) is 23.6 Å². The van der Waals surface area contributed by atoms with Gasteiger partial charge in [-0.05, 0) is 45.0 Å². The molecule has 0 aliphatic heterocycles. The summed E-state index contributed by atoms with van der Waals surface area (Å²) in [6.45, 7) is 4.44. The first-order valence-corrected chi connectivity index (χ1v) is 8.68. The molecule has 3 rings (SSSR count). The van der Waals surface area contributed by atoms with E-state index in [0.29, 0.717) is 29.6 Å². The van der Waals surface area contributed by atoms with Gasteiger partial charge in [0.2, 0.25) is 11.9 Å². The highest BCUT2D eigenvalue weighted by Crippen LogP contribution is 2.18. The van der Waals surface area contributed by atoms with Crippen LogP contribution in [-0.2, 0) is 6.42 Å². The van der Waals surface area contributed by atoms with Crippen LogP contribution in [0, 0.1) is 13.8 Å².